The topological polar surface area (TPSA) is 108 Å². The second-order valence-corrected chi connectivity index (χ2v) is 6.02. The number of nitrogens with two attached hydrogens (primary N) is 1. The second kappa shape index (κ2) is 7.34. The minimum Gasteiger partial charge on any atom is -0.744 e. The number of hydrogen-bond donors (Lipinski definition) is 1. The Hall–Kier alpha value is -1.25. The Balaban J connectivity index is 0.00000242. The van der Waals surface area contributed by atoms with Crippen LogP contribution in [0.15, 0.2) is 51.5 Å². The van der Waals surface area contributed by atoms with Crippen molar-refractivity contribution in [2.24, 2.45) is 10.2 Å². The van der Waals surface area contributed by atoms with Gasteiger partial charge in [-0.15, -0.1) is 0 Å². The van der Waals surface area contributed by atoms with Crippen LogP contribution in [-0.4, -0.2) is 13.0 Å². The molecule has 2 N–H and O–H groups in total. The Morgan fingerprint density at radius 3 is 2.23 bits per heavy atom. The maximum atomic E-state index is 10.9. The zero-order valence-corrected chi connectivity index (χ0v) is 15.4. The first-order valence-electron chi connectivity index (χ1n) is 6.12. The molecule has 0 spiro atoms. The third-order valence-electron chi connectivity index (χ3n) is 2.98. The van der Waals surface area contributed by atoms with E-state index in [2.05, 4.69) is 10.2 Å². The normalized spacial score (nSPS) is 11.4. The molecule has 0 heterocycles. The van der Waals surface area contributed by atoms with Crippen LogP contribution in [0.1, 0.15) is 11.1 Å². The number of nitrogens with zero attached hydrogens (tertiary/aromatic N) is 2. The molecule has 110 valence electrons. The molecular weight excluding hydrogens is 313 g/mol. The third kappa shape index (κ3) is 4.62. The van der Waals surface area contributed by atoms with Crippen LogP contribution in [0.4, 0.5) is 17.1 Å². The number of nitrogen functional groups attached to an aromatic ring is 1. The fraction of sp³-hybridized carbons (Fsp3) is 0.143. The number of azo groups is 1. The van der Waals surface area contributed by atoms with E-state index >= 15 is 0 Å². The van der Waals surface area contributed by atoms with Crippen LogP contribution < -0.4 is 35.3 Å². The predicted octanol–water partition coefficient (Wildman–Crippen LogP) is 0.209. The van der Waals surface area contributed by atoms with E-state index in [1.165, 1.54) is 18.2 Å². The SMILES string of the molecule is Cc1cc(N=Nc2ccc(S(=O)(=O)[O-])cc2C)ccc1N.[Na+]. The molecule has 2 aromatic rings. The van der Waals surface area contributed by atoms with Crippen LogP contribution in [0.2, 0.25) is 0 Å². The van der Waals surface area contributed by atoms with Gasteiger partial charge in [-0.05, 0) is 61.4 Å². The third-order valence-corrected chi connectivity index (χ3v) is 3.81. The summed E-state index contributed by atoms with van der Waals surface area (Å²) in [4.78, 5) is -0.276. The van der Waals surface area contributed by atoms with Gasteiger partial charge in [-0.1, -0.05) is 0 Å². The molecule has 6 nitrogen and oxygen atoms in total. The molecule has 2 aromatic carbocycles. The molecule has 0 unspecified atom stereocenters. The monoisotopic (exact) mass is 327 g/mol. The Kier molecular flexibility index (Phi) is 6.27. The van der Waals surface area contributed by atoms with Crippen molar-refractivity contribution >= 4 is 27.2 Å². The summed E-state index contributed by atoms with van der Waals surface area (Å²) >= 11 is 0. The summed E-state index contributed by atoms with van der Waals surface area (Å²) in [5.41, 5.74) is 8.99. The first-order chi connectivity index (χ1) is 9.77. The fourth-order valence-electron chi connectivity index (χ4n) is 1.73. The summed E-state index contributed by atoms with van der Waals surface area (Å²) in [7, 11) is -4.46. The Bertz CT molecular complexity index is 820. The number of rotatable bonds is 3. The van der Waals surface area contributed by atoms with Gasteiger partial charge in [-0.3, -0.25) is 0 Å². The molecule has 0 radical (unpaired) electrons. The van der Waals surface area contributed by atoms with E-state index in [9.17, 15) is 13.0 Å². The molecule has 8 heteroatoms. The zero-order chi connectivity index (χ0) is 15.6. The molecule has 0 bridgehead atoms. The van der Waals surface area contributed by atoms with E-state index < -0.39 is 10.1 Å². The smallest absolute Gasteiger partial charge is 0.744 e. The first kappa shape index (κ1) is 18.8. The van der Waals surface area contributed by atoms with E-state index in [4.69, 9.17) is 5.73 Å². The van der Waals surface area contributed by atoms with Gasteiger partial charge in [0.2, 0.25) is 0 Å². The van der Waals surface area contributed by atoms with Gasteiger partial charge < -0.3 is 10.3 Å². The molecule has 0 saturated heterocycles. The summed E-state index contributed by atoms with van der Waals surface area (Å²) in [6.45, 7) is 3.53. The molecule has 0 aliphatic rings. The van der Waals surface area contributed by atoms with Crippen LogP contribution in [0.5, 0.6) is 0 Å². The average Bonchev–Trinajstić information content (AvgIpc) is 2.40. The number of aryl methyl sites for hydroxylation is 2. The predicted molar refractivity (Wildman–Crippen MR) is 78.9 cm³/mol. The first-order valence-corrected chi connectivity index (χ1v) is 7.52. The zero-order valence-electron chi connectivity index (χ0n) is 12.6. The summed E-state index contributed by atoms with van der Waals surface area (Å²) in [6.07, 6.45) is 0. The van der Waals surface area contributed by atoms with E-state index in [0.717, 1.165) is 5.56 Å². The van der Waals surface area contributed by atoms with Gasteiger partial charge in [0.05, 0.1) is 16.3 Å². The fourth-order valence-corrected chi connectivity index (χ4v) is 2.29. The molecule has 0 aromatic heterocycles. The Labute approximate surface area is 151 Å². The molecule has 0 fully saturated rings. The summed E-state index contributed by atoms with van der Waals surface area (Å²) in [6, 6.07) is 9.22. The van der Waals surface area contributed by atoms with Gasteiger partial charge in [0.1, 0.15) is 10.1 Å². The summed E-state index contributed by atoms with van der Waals surface area (Å²) in [5, 5.41) is 8.13. The Morgan fingerprint density at radius 2 is 1.68 bits per heavy atom. The van der Waals surface area contributed by atoms with Crippen LogP contribution in [0, 0.1) is 13.8 Å². The van der Waals surface area contributed by atoms with Crippen molar-refractivity contribution in [2.75, 3.05) is 5.73 Å². The molecular formula is C14H14N3NaO3S. The maximum Gasteiger partial charge on any atom is 1.00 e. The van der Waals surface area contributed by atoms with Crippen molar-refractivity contribution in [2.45, 2.75) is 18.7 Å². The van der Waals surface area contributed by atoms with E-state index in [0.29, 0.717) is 22.6 Å². The van der Waals surface area contributed by atoms with Gasteiger partial charge in [0, 0.05) is 5.69 Å². The molecule has 0 atom stereocenters. The second-order valence-electron chi connectivity index (χ2n) is 4.64. The number of anilines is 1. The largest absolute Gasteiger partial charge is 1.00 e. The number of benzene rings is 2. The van der Waals surface area contributed by atoms with Crippen LogP contribution in [0.25, 0.3) is 0 Å². The van der Waals surface area contributed by atoms with Gasteiger partial charge in [0.25, 0.3) is 0 Å². The van der Waals surface area contributed by atoms with Crippen LogP contribution in [-0.2, 0) is 10.1 Å². The van der Waals surface area contributed by atoms with E-state index in [-0.39, 0.29) is 34.5 Å². The molecule has 22 heavy (non-hydrogen) atoms. The molecule has 0 saturated carbocycles. The maximum absolute atomic E-state index is 10.9. The van der Waals surface area contributed by atoms with Crippen LogP contribution in [0.3, 0.4) is 0 Å². The van der Waals surface area contributed by atoms with Crippen molar-refractivity contribution < 1.29 is 42.5 Å². The Morgan fingerprint density at radius 1 is 1.00 bits per heavy atom. The summed E-state index contributed by atoms with van der Waals surface area (Å²) < 4.78 is 32.8. The quantitative estimate of drug-likeness (QED) is 0.376. The standard InChI is InChI=1S/C14H15N3O3S.Na/c1-9-7-11(3-5-13(9)15)16-17-14-6-4-12(8-10(14)2)21(18,19)20;/h3-8H,15H2,1-2H3,(H,18,19,20);/q;+1/p-1. The molecule has 0 aliphatic heterocycles. The van der Waals surface area contributed by atoms with Gasteiger partial charge >= 0.3 is 29.6 Å². The molecule has 0 amide bonds. The van der Waals surface area contributed by atoms with Crippen molar-refractivity contribution in [3.8, 4) is 0 Å². The summed E-state index contributed by atoms with van der Waals surface area (Å²) in [5.74, 6) is 0. The molecule has 0 aliphatic carbocycles. The van der Waals surface area contributed by atoms with E-state index in [1.807, 2.05) is 6.92 Å². The van der Waals surface area contributed by atoms with Crippen molar-refractivity contribution in [3.05, 3.63) is 47.5 Å². The minimum atomic E-state index is -4.46. The van der Waals surface area contributed by atoms with Gasteiger partial charge in [-0.25, -0.2) is 8.42 Å². The number of hydrogen-bond acceptors (Lipinski definition) is 6. The van der Waals surface area contributed by atoms with Gasteiger partial charge in [-0.2, -0.15) is 10.2 Å². The van der Waals surface area contributed by atoms with Crippen molar-refractivity contribution in [1.82, 2.24) is 0 Å². The van der Waals surface area contributed by atoms with Crippen molar-refractivity contribution in [1.29, 1.82) is 0 Å². The minimum absolute atomic E-state index is 0. The van der Waals surface area contributed by atoms with Crippen molar-refractivity contribution in [3.63, 3.8) is 0 Å². The van der Waals surface area contributed by atoms with Crippen LogP contribution >= 0.6 is 0 Å². The molecule has 2 rings (SSSR count). The van der Waals surface area contributed by atoms with E-state index in [1.54, 1.807) is 25.1 Å². The van der Waals surface area contributed by atoms with Gasteiger partial charge in [0.15, 0.2) is 0 Å². The average molecular weight is 327 g/mol.